The number of aldehydes is 1. The second kappa shape index (κ2) is 11.4. The normalized spacial score (nSPS) is 27.6. The first kappa shape index (κ1) is 25.0. The Morgan fingerprint density at radius 2 is 2.03 bits per heavy atom. The number of carbonyl (C=O) groups is 4. The number of amides is 3. The predicted molar refractivity (Wildman–Crippen MR) is 112 cm³/mol. The van der Waals surface area contributed by atoms with E-state index < -0.39 is 12.8 Å². The molecule has 2 aliphatic rings. The van der Waals surface area contributed by atoms with Crippen molar-refractivity contribution in [1.29, 1.82) is 0 Å². The summed E-state index contributed by atoms with van der Waals surface area (Å²) in [6, 6.07) is -0.347. The van der Waals surface area contributed by atoms with Gasteiger partial charge in [0, 0.05) is 31.3 Å². The van der Waals surface area contributed by atoms with Crippen molar-refractivity contribution in [2.45, 2.75) is 43.4 Å². The molecule has 3 unspecified atom stereocenters. The predicted octanol–water partition coefficient (Wildman–Crippen LogP) is 0.346. The molecule has 2 rings (SSSR count). The first-order valence-electron chi connectivity index (χ1n) is 9.95. The zero-order valence-electron chi connectivity index (χ0n) is 17.2. The summed E-state index contributed by atoms with van der Waals surface area (Å²) in [4.78, 5) is 58.3. The summed E-state index contributed by atoms with van der Waals surface area (Å²) in [5, 5.41) is 4.90. The Hall–Kier alpha value is -1.26. The first-order chi connectivity index (χ1) is 14.1. The Kier molecular flexibility index (Phi) is 9.49. The van der Waals surface area contributed by atoms with E-state index in [0.29, 0.717) is 38.0 Å². The van der Waals surface area contributed by atoms with Gasteiger partial charge in [0.25, 0.3) is 0 Å². The van der Waals surface area contributed by atoms with Crippen LogP contribution in [0.15, 0.2) is 0 Å². The average Bonchev–Trinajstić information content (AvgIpc) is 2.96. The minimum atomic E-state index is -3.63. The number of nitrogens with one attached hydrogen (secondary N) is 2. The molecule has 30 heavy (non-hydrogen) atoms. The second-order valence-electron chi connectivity index (χ2n) is 7.74. The molecule has 170 valence electrons. The summed E-state index contributed by atoms with van der Waals surface area (Å²) in [5.41, 5.74) is 0. The minimum Gasteiger partial charge on any atom is -0.333 e. The molecule has 0 bridgehead atoms. The highest BCUT2D eigenvalue weighted by Gasteiger charge is 2.40. The lowest BCUT2D eigenvalue weighted by Crippen LogP contribution is -2.39. The van der Waals surface area contributed by atoms with Gasteiger partial charge in [-0.1, -0.05) is 0 Å². The summed E-state index contributed by atoms with van der Waals surface area (Å²) in [5.74, 6) is -0.234. The van der Waals surface area contributed by atoms with Gasteiger partial charge in [-0.25, -0.2) is 0 Å². The van der Waals surface area contributed by atoms with E-state index in [1.807, 2.05) is 0 Å². The smallest absolute Gasteiger partial charge is 0.326 e. The van der Waals surface area contributed by atoms with Gasteiger partial charge in [-0.15, -0.1) is 11.8 Å². The number of hydrogen-bond acceptors (Lipinski definition) is 8. The number of rotatable bonds is 11. The van der Waals surface area contributed by atoms with Crippen molar-refractivity contribution in [3.8, 4) is 0 Å². The average molecular weight is 463 g/mol. The summed E-state index contributed by atoms with van der Waals surface area (Å²) in [7, 11) is -1.95. The van der Waals surface area contributed by atoms with Crippen molar-refractivity contribution in [3.05, 3.63) is 0 Å². The van der Waals surface area contributed by atoms with E-state index in [1.165, 1.54) is 16.7 Å². The van der Waals surface area contributed by atoms with Gasteiger partial charge in [0.15, 0.2) is 0 Å². The van der Waals surface area contributed by atoms with Gasteiger partial charge >= 0.3 is 7.60 Å². The van der Waals surface area contributed by atoms with Gasteiger partial charge < -0.3 is 20.3 Å². The lowest BCUT2D eigenvalue weighted by atomic mass is 9.81. The van der Waals surface area contributed by atoms with Gasteiger partial charge in [-0.05, 0) is 38.6 Å². The molecule has 3 atom stereocenters. The van der Waals surface area contributed by atoms with Crippen LogP contribution < -0.4 is 10.6 Å². The van der Waals surface area contributed by atoms with E-state index >= 15 is 0 Å². The van der Waals surface area contributed by atoms with Gasteiger partial charge in [0.1, 0.15) is 13.0 Å². The van der Waals surface area contributed by atoms with E-state index in [0.717, 1.165) is 13.0 Å². The van der Waals surface area contributed by atoms with E-state index in [9.17, 15) is 23.7 Å². The van der Waals surface area contributed by atoms with Gasteiger partial charge in [0.05, 0.1) is 11.3 Å². The van der Waals surface area contributed by atoms with Crippen molar-refractivity contribution in [2.75, 3.05) is 32.7 Å². The van der Waals surface area contributed by atoms with Crippen LogP contribution in [0.4, 0.5) is 0 Å². The molecule has 0 aromatic heterocycles. The van der Waals surface area contributed by atoms with Crippen LogP contribution in [0.2, 0.25) is 0 Å². The van der Waals surface area contributed by atoms with Crippen molar-refractivity contribution in [2.24, 2.45) is 11.8 Å². The van der Waals surface area contributed by atoms with Gasteiger partial charge in [0.2, 0.25) is 17.7 Å². The molecular weight excluding hydrogens is 433 g/mol. The number of nitrogens with zero attached hydrogens (tertiary/aromatic N) is 1. The Bertz CT molecular complexity index is 693. The quantitative estimate of drug-likeness (QED) is 0.171. The molecule has 1 heterocycles. The Morgan fingerprint density at radius 1 is 1.37 bits per heavy atom. The molecule has 0 radical (unpaired) electrons. The van der Waals surface area contributed by atoms with Crippen LogP contribution in [-0.4, -0.2) is 77.8 Å². The molecule has 2 fully saturated rings. The molecule has 0 aromatic rings. The highest BCUT2D eigenvalue weighted by molar-refractivity contribution is 8.00. The van der Waals surface area contributed by atoms with Crippen molar-refractivity contribution in [3.63, 3.8) is 0 Å². The van der Waals surface area contributed by atoms with Gasteiger partial charge in [-0.2, -0.15) is 0 Å². The molecule has 1 saturated carbocycles. The maximum atomic E-state index is 12.6. The standard InChI is InChI=1S/C18H30N3O7PS/c1-19-14(9-22)10-30-15-7-16(23)21(18(15)25)8-12-3-5-13(6-4-12)17(24)20-11-28-29(2,26)27/h9,12-15,19H,3-8,10-11H2,1-2H3,(H,20,24)(H,26,27). The second-order valence-corrected chi connectivity index (χ2v) is 10.8. The van der Waals surface area contributed by atoms with Crippen LogP contribution >= 0.6 is 19.4 Å². The first-order valence-corrected chi connectivity index (χ1v) is 13.0. The minimum absolute atomic E-state index is 0.148. The highest BCUT2D eigenvalue weighted by Crippen LogP contribution is 2.36. The van der Waals surface area contributed by atoms with E-state index in [-0.39, 0.29) is 48.8 Å². The summed E-state index contributed by atoms with van der Waals surface area (Å²) in [6.07, 6.45) is 3.62. The lowest BCUT2D eigenvalue weighted by molar-refractivity contribution is -0.139. The largest absolute Gasteiger partial charge is 0.333 e. The third-order valence-electron chi connectivity index (χ3n) is 5.42. The summed E-state index contributed by atoms with van der Waals surface area (Å²) in [6.45, 7) is 1.10. The summed E-state index contributed by atoms with van der Waals surface area (Å²) < 4.78 is 15.7. The molecule has 1 aliphatic carbocycles. The third kappa shape index (κ3) is 7.46. The zero-order chi connectivity index (χ0) is 22.3. The van der Waals surface area contributed by atoms with E-state index in [2.05, 4.69) is 15.2 Å². The maximum absolute atomic E-state index is 12.6. The molecule has 0 spiro atoms. The van der Waals surface area contributed by atoms with Crippen LogP contribution in [0.3, 0.4) is 0 Å². The molecule has 1 saturated heterocycles. The number of likely N-dealkylation sites (N-methyl/N-ethyl adjacent to an activating group) is 1. The Balaban J connectivity index is 1.75. The highest BCUT2D eigenvalue weighted by atomic mass is 32.2. The molecule has 0 aromatic carbocycles. The number of likely N-dealkylation sites (tertiary alicyclic amines) is 1. The van der Waals surface area contributed by atoms with Crippen LogP contribution in [0.25, 0.3) is 0 Å². The van der Waals surface area contributed by atoms with E-state index in [1.54, 1.807) is 7.05 Å². The fourth-order valence-electron chi connectivity index (χ4n) is 3.62. The number of carbonyl (C=O) groups excluding carboxylic acids is 4. The van der Waals surface area contributed by atoms with Crippen molar-refractivity contribution >= 4 is 43.4 Å². The maximum Gasteiger partial charge on any atom is 0.326 e. The topological polar surface area (TPSA) is 142 Å². The number of hydrogen-bond donors (Lipinski definition) is 3. The fourth-order valence-corrected chi connectivity index (χ4v) is 5.14. The lowest BCUT2D eigenvalue weighted by Gasteiger charge is -2.30. The van der Waals surface area contributed by atoms with Crippen LogP contribution in [0.1, 0.15) is 32.1 Å². The fraction of sp³-hybridized carbons (Fsp3) is 0.778. The zero-order valence-corrected chi connectivity index (χ0v) is 19.0. The van der Waals surface area contributed by atoms with E-state index in [4.69, 9.17) is 4.89 Å². The molecule has 3 N–H and O–H groups in total. The van der Waals surface area contributed by atoms with Crippen LogP contribution in [0.5, 0.6) is 0 Å². The molecule has 1 aliphatic heterocycles. The summed E-state index contributed by atoms with van der Waals surface area (Å²) >= 11 is 1.32. The Labute approximate surface area is 180 Å². The number of thioether (sulfide) groups is 1. The molecular formula is C18H30N3O7PS. The van der Waals surface area contributed by atoms with Crippen molar-refractivity contribution in [1.82, 2.24) is 15.5 Å². The molecule has 3 amide bonds. The monoisotopic (exact) mass is 463 g/mol. The third-order valence-corrected chi connectivity index (χ3v) is 7.35. The SMILES string of the molecule is CNC(C=O)CSC1CC(=O)N(CC2CCC(C(=O)NCOP(C)(=O)O)CC2)C1=O. The number of imide groups is 1. The van der Waals surface area contributed by atoms with Gasteiger partial charge in [-0.3, -0.25) is 28.4 Å². The van der Waals surface area contributed by atoms with Crippen LogP contribution in [-0.2, 0) is 28.3 Å². The molecule has 10 nitrogen and oxygen atoms in total. The van der Waals surface area contributed by atoms with Crippen molar-refractivity contribution < 1.29 is 33.2 Å². The van der Waals surface area contributed by atoms with Crippen LogP contribution in [0, 0.1) is 11.8 Å². The Morgan fingerprint density at radius 3 is 2.60 bits per heavy atom. The molecule has 12 heteroatoms.